The van der Waals surface area contributed by atoms with E-state index in [9.17, 15) is 9.59 Å². The van der Waals surface area contributed by atoms with Gasteiger partial charge in [-0.1, -0.05) is 23.7 Å². The molecule has 0 unspecified atom stereocenters. The van der Waals surface area contributed by atoms with Gasteiger partial charge in [-0.15, -0.1) is 0 Å². The number of halogens is 1. The van der Waals surface area contributed by atoms with Crippen molar-refractivity contribution in [1.82, 2.24) is 9.88 Å². The van der Waals surface area contributed by atoms with Crippen LogP contribution in [0.3, 0.4) is 0 Å². The van der Waals surface area contributed by atoms with Gasteiger partial charge < -0.3 is 15.0 Å². The minimum atomic E-state index is -0.156. The van der Waals surface area contributed by atoms with Gasteiger partial charge in [0.05, 0.1) is 29.9 Å². The van der Waals surface area contributed by atoms with E-state index in [2.05, 4.69) is 10.3 Å². The van der Waals surface area contributed by atoms with Gasteiger partial charge in [0.15, 0.2) is 5.43 Å². The molecule has 1 aromatic heterocycles. The topological polar surface area (TPSA) is 74.4 Å². The Bertz CT molecular complexity index is 1160. The number of benzene rings is 2. The number of nitrogens with one attached hydrogen (secondary N) is 2. The first-order valence-electron chi connectivity index (χ1n) is 9.45. The van der Waals surface area contributed by atoms with Crippen molar-refractivity contribution in [2.45, 2.75) is 19.9 Å². The van der Waals surface area contributed by atoms with Crippen LogP contribution in [0.25, 0.3) is 10.9 Å². The number of anilines is 1. The molecular formula is C22H22ClN3O3. The van der Waals surface area contributed by atoms with Gasteiger partial charge in [-0.25, -0.2) is 0 Å². The number of hydrogen-bond donors (Lipinski definition) is 2. The fourth-order valence-electron chi connectivity index (χ4n) is 3.79. The molecule has 3 aromatic rings. The largest absolute Gasteiger partial charge is 0.497 e. The highest BCUT2D eigenvalue weighted by Crippen LogP contribution is 2.25. The van der Waals surface area contributed by atoms with Crippen LogP contribution in [0, 0.1) is 6.92 Å². The molecule has 0 saturated carbocycles. The number of H-pyrrole nitrogens is 1. The van der Waals surface area contributed by atoms with Gasteiger partial charge in [-0.05, 0) is 36.8 Å². The van der Waals surface area contributed by atoms with Crippen LogP contribution >= 0.6 is 11.6 Å². The number of aromatic nitrogens is 1. The van der Waals surface area contributed by atoms with E-state index in [1.807, 2.05) is 30.0 Å². The highest BCUT2D eigenvalue weighted by Gasteiger charge is 2.23. The normalized spacial score (nSPS) is 13.9. The van der Waals surface area contributed by atoms with E-state index in [0.717, 1.165) is 16.8 Å². The van der Waals surface area contributed by atoms with Crippen molar-refractivity contribution in [3.8, 4) is 5.75 Å². The lowest BCUT2D eigenvalue weighted by molar-refractivity contribution is -0.117. The van der Waals surface area contributed by atoms with Crippen LogP contribution in [-0.4, -0.2) is 36.0 Å². The van der Waals surface area contributed by atoms with Crippen LogP contribution in [0.15, 0.2) is 41.2 Å². The predicted octanol–water partition coefficient (Wildman–Crippen LogP) is 3.50. The van der Waals surface area contributed by atoms with Gasteiger partial charge in [-0.3, -0.25) is 14.5 Å². The van der Waals surface area contributed by atoms with Crippen LogP contribution < -0.4 is 15.5 Å². The van der Waals surface area contributed by atoms with E-state index in [1.165, 1.54) is 0 Å². The number of carbonyl (C=O) groups is 1. The summed E-state index contributed by atoms with van der Waals surface area (Å²) in [5.41, 5.74) is 4.05. The molecule has 7 heteroatoms. The van der Waals surface area contributed by atoms with Gasteiger partial charge >= 0.3 is 0 Å². The van der Waals surface area contributed by atoms with E-state index < -0.39 is 0 Å². The average Bonchev–Trinajstić information content (AvgIpc) is 2.71. The van der Waals surface area contributed by atoms with E-state index in [1.54, 1.807) is 25.3 Å². The third-order valence-corrected chi connectivity index (χ3v) is 5.61. The Morgan fingerprint density at radius 2 is 2.10 bits per heavy atom. The molecule has 0 saturated heterocycles. The minimum Gasteiger partial charge on any atom is -0.497 e. The SMILES string of the molecule is COc1cc(C)c2[nH]c3c(c(=O)c2c1)CN(CC(=O)Nc1ccccc1Cl)CC3. The maximum Gasteiger partial charge on any atom is 0.238 e. The molecule has 1 aliphatic heterocycles. The van der Waals surface area contributed by atoms with Crippen molar-refractivity contribution in [1.29, 1.82) is 0 Å². The molecule has 0 atom stereocenters. The van der Waals surface area contributed by atoms with E-state index in [0.29, 0.717) is 46.9 Å². The van der Waals surface area contributed by atoms with Crippen LogP contribution in [0.4, 0.5) is 5.69 Å². The number of methoxy groups -OCH3 is 1. The second-order valence-electron chi connectivity index (χ2n) is 7.27. The summed E-state index contributed by atoms with van der Waals surface area (Å²) in [4.78, 5) is 31.0. The molecule has 4 rings (SSSR count). The summed E-state index contributed by atoms with van der Waals surface area (Å²) in [5, 5.41) is 3.94. The second kappa shape index (κ2) is 7.89. The number of hydrogen-bond acceptors (Lipinski definition) is 4. The van der Waals surface area contributed by atoms with Crippen LogP contribution in [-0.2, 0) is 17.8 Å². The Labute approximate surface area is 173 Å². The van der Waals surface area contributed by atoms with Gasteiger partial charge in [0.2, 0.25) is 5.91 Å². The van der Waals surface area contributed by atoms with Gasteiger partial charge in [0.25, 0.3) is 0 Å². The first-order chi connectivity index (χ1) is 14.0. The Morgan fingerprint density at radius 3 is 2.86 bits per heavy atom. The first-order valence-corrected chi connectivity index (χ1v) is 9.83. The fraction of sp³-hybridized carbons (Fsp3) is 0.273. The third-order valence-electron chi connectivity index (χ3n) is 5.28. The number of pyridine rings is 1. The summed E-state index contributed by atoms with van der Waals surface area (Å²) in [7, 11) is 1.59. The van der Waals surface area contributed by atoms with Gasteiger partial charge in [-0.2, -0.15) is 0 Å². The summed E-state index contributed by atoms with van der Waals surface area (Å²) >= 11 is 6.11. The lowest BCUT2D eigenvalue weighted by Gasteiger charge is -2.28. The standard InChI is InChI=1S/C22H22ClN3O3/c1-13-9-14(29-2)10-15-21(13)25-18-7-8-26(11-16(18)22(15)28)12-20(27)24-19-6-4-3-5-17(19)23/h3-6,9-10H,7-8,11-12H2,1-2H3,(H,24,27)(H,25,28). The zero-order valence-electron chi connectivity index (χ0n) is 16.3. The molecule has 2 N–H and O–H groups in total. The average molecular weight is 412 g/mol. The summed E-state index contributed by atoms with van der Waals surface area (Å²) in [6, 6.07) is 10.8. The molecule has 1 aliphatic rings. The number of amides is 1. The monoisotopic (exact) mass is 411 g/mol. The number of ether oxygens (including phenoxy) is 1. The third kappa shape index (κ3) is 3.86. The maximum absolute atomic E-state index is 13.1. The fourth-order valence-corrected chi connectivity index (χ4v) is 3.97. The Kier molecular flexibility index (Phi) is 5.30. The van der Waals surface area contributed by atoms with Crippen molar-refractivity contribution < 1.29 is 9.53 Å². The quantitative estimate of drug-likeness (QED) is 0.689. The molecule has 0 spiro atoms. The molecule has 0 aliphatic carbocycles. The zero-order chi connectivity index (χ0) is 20.5. The van der Waals surface area contributed by atoms with Crippen molar-refractivity contribution >= 4 is 34.1 Å². The molecule has 29 heavy (non-hydrogen) atoms. The number of fused-ring (bicyclic) bond motifs is 2. The van der Waals surface area contributed by atoms with E-state index in [4.69, 9.17) is 16.3 Å². The summed E-state index contributed by atoms with van der Waals surface area (Å²) in [5.74, 6) is 0.503. The van der Waals surface area contributed by atoms with Crippen molar-refractivity contribution in [3.63, 3.8) is 0 Å². The Hall–Kier alpha value is -2.83. The zero-order valence-corrected chi connectivity index (χ0v) is 17.1. The molecule has 1 amide bonds. The molecule has 6 nitrogen and oxygen atoms in total. The number of aromatic amines is 1. The molecule has 2 heterocycles. The van der Waals surface area contributed by atoms with Crippen molar-refractivity contribution in [2.75, 3.05) is 25.5 Å². The highest BCUT2D eigenvalue weighted by atomic mass is 35.5. The van der Waals surface area contributed by atoms with Crippen LogP contribution in [0.2, 0.25) is 5.02 Å². The highest BCUT2D eigenvalue weighted by molar-refractivity contribution is 6.33. The molecule has 150 valence electrons. The number of para-hydroxylation sites is 1. The summed E-state index contributed by atoms with van der Waals surface area (Å²) in [6.45, 7) is 3.27. The van der Waals surface area contributed by atoms with Crippen molar-refractivity contribution in [2.24, 2.45) is 0 Å². The van der Waals surface area contributed by atoms with E-state index >= 15 is 0 Å². The Balaban J connectivity index is 1.57. The van der Waals surface area contributed by atoms with Gasteiger partial charge in [0.1, 0.15) is 5.75 Å². The lowest BCUT2D eigenvalue weighted by Crippen LogP contribution is -2.39. The predicted molar refractivity (Wildman–Crippen MR) is 115 cm³/mol. The number of carbonyl (C=O) groups excluding carboxylic acids is 1. The molecule has 0 fully saturated rings. The van der Waals surface area contributed by atoms with Crippen molar-refractivity contribution in [3.05, 3.63) is 68.5 Å². The maximum atomic E-state index is 13.1. The Morgan fingerprint density at radius 1 is 1.31 bits per heavy atom. The minimum absolute atomic E-state index is 0.00744. The van der Waals surface area contributed by atoms with Crippen LogP contribution in [0.1, 0.15) is 16.8 Å². The molecule has 0 radical (unpaired) electrons. The van der Waals surface area contributed by atoms with Gasteiger partial charge in [0, 0.05) is 36.2 Å². The second-order valence-corrected chi connectivity index (χ2v) is 7.67. The molecule has 2 aromatic carbocycles. The summed E-state index contributed by atoms with van der Waals surface area (Å²) in [6.07, 6.45) is 0.686. The lowest BCUT2D eigenvalue weighted by atomic mass is 10.0. The number of aryl methyl sites for hydroxylation is 1. The summed E-state index contributed by atoms with van der Waals surface area (Å²) < 4.78 is 5.32. The van der Waals surface area contributed by atoms with E-state index in [-0.39, 0.29) is 17.9 Å². The number of nitrogens with zero attached hydrogens (tertiary/aromatic N) is 1. The first kappa shape index (κ1) is 19.5. The molecule has 0 bridgehead atoms. The molecular weight excluding hydrogens is 390 g/mol. The smallest absolute Gasteiger partial charge is 0.238 e. The van der Waals surface area contributed by atoms with Crippen LogP contribution in [0.5, 0.6) is 5.75 Å². The number of rotatable bonds is 4.